The second-order valence-corrected chi connectivity index (χ2v) is 7.95. The zero-order chi connectivity index (χ0) is 22.4. The van der Waals surface area contributed by atoms with Crippen molar-refractivity contribution in [2.45, 2.75) is 39.7 Å². The maximum Gasteiger partial charge on any atom is 0.306 e. The predicted octanol–water partition coefficient (Wildman–Crippen LogP) is 6.38. The average molecular weight is 466 g/mol. The molecule has 4 nitrogen and oxygen atoms in total. The lowest BCUT2D eigenvalue weighted by Crippen LogP contribution is -2.06. The van der Waals surface area contributed by atoms with Crippen LogP contribution in [0.1, 0.15) is 37.0 Å². The van der Waals surface area contributed by atoms with Crippen molar-refractivity contribution in [1.82, 2.24) is 4.37 Å². The van der Waals surface area contributed by atoms with Crippen molar-refractivity contribution in [3.05, 3.63) is 69.9 Å². The largest absolute Gasteiger partial charge is 0.483 e. The van der Waals surface area contributed by atoms with E-state index in [-0.39, 0.29) is 31.2 Å². The van der Waals surface area contributed by atoms with E-state index in [9.17, 15) is 13.6 Å². The monoisotopic (exact) mass is 465 g/mol. The summed E-state index contributed by atoms with van der Waals surface area (Å²) in [4.78, 5) is 12.2. The van der Waals surface area contributed by atoms with Crippen LogP contribution in [0.4, 0.5) is 8.78 Å². The van der Waals surface area contributed by atoms with Gasteiger partial charge in [-0.05, 0) is 60.1 Å². The standard InChI is InChI=1S/C23H22ClF2NO3S/c1-3-14-5-8-16(9-6-14)22-17(23(24)27-31-22)13-30-21-18(25)11-15(12-19(21)26)7-10-20(28)29-4-2/h5-6,8-9,11-12H,3-4,7,10,13H2,1-2H3. The smallest absolute Gasteiger partial charge is 0.306 e. The molecule has 0 saturated carbocycles. The van der Waals surface area contributed by atoms with Gasteiger partial charge in [-0.25, -0.2) is 8.78 Å². The summed E-state index contributed by atoms with van der Waals surface area (Å²) in [6.45, 7) is 3.91. The molecule has 0 unspecified atom stereocenters. The molecule has 0 spiro atoms. The van der Waals surface area contributed by atoms with Crippen LogP contribution in [0.2, 0.25) is 5.15 Å². The first-order chi connectivity index (χ1) is 14.9. The Morgan fingerprint density at radius 3 is 2.39 bits per heavy atom. The van der Waals surface area contributed by atoms with Gasteiger partial charge in [0.2, 0.25) is 0 Å². The van der Waals surface area contributed by atoms with Crippen LogP contribution in [0.3, 0.4) is 0 Å². The molecule has 31 heavy (non-hydrogen) atoms. The number of carbonyl (C=O) groups is 1. The molecule has 0 aliphatic rings. The topological polar surface area (TPSA) is 48.4 Å². The summed E-state index contributed by atoms with van der Waals surface area (Å²) in [7, 11) is 0. The lowest BCUT2D eigenvalue weighted by atomic mass is 10.1. The lowest BCUT2D eigenvalue weighted by Gasteiger charge is -2.11. The molecule has 1 heterocycles. The highest BCUT2D eigenvalue weighted by atomic mass is 35.5. The van der Waals surface area contributed by atoms with E-state index in [2.05, 4.69) is 11.3 Å². The van der Waals surface area contributed by atoms with Crippen LogP contribution in [0.15, 0.2) is 36.4 Å². The minimum atomic E-state index is -0.841. The second-order valence-electron chi connectivity index (χ2n) is 6.81. The van der Waals surface area contributed by atoms with Crippen molar-refractivity contribution in [3.8, 4) is 16.2 Å². The van der Waals surface area contributed by atoms with Gasteiger partial charge in [0, 0.05) is 12.0 Å². The minimum Gasteiger partial charge on any atom is -0.483 e. The van der Waals surface area contributed by atoms with Crippen molar-refractivity contribution in [1.29, 1.82) is 0 Å². The van der Waals surface area contributed by atoms with E-state index in [1.807, 2.05) is 24.3 Å². The van der Waals surface area contributed by atoms with Crippen LogP contribution >= 0.6 is 23.1 Å². The van der Waals surface area contributed by atoms with Crippen LogP contribution in [0.5, 0.6) is 5.75 Å². The van der Waals surface area contributed by atoms with E-state index in [0.29, 0.717) is 11.1 Å². The zero-order valence-corrected chi connectivity index (χ0v) is 18.8. The lowest BCUT2D eigenvalue weighted by molar-refractivity contribution is -0.143. The number of rotatable bonds is 9. The highest BCUT2D eigenvalue weighted by molar-refractivity contribution is 7.10. The van der Waals surface area contributed by atoms with E-state index in [0.717, 1.165) is 29.0 Å². The van der Waals surface area contributed by atoms with Crippen LogP contribution in [-0.2, 0) is 29.0 Å². The van der Waals surface area contributed by atoms with Crippen LogP contribution in [-0.4, -0.2) is 16.9 Å². The van der Waals surface area contributed by atoms with Gasteiger partial charge >= 0.3 is 5.97 Å². The van der Waals surface area contributed by atoms with Gasteiger partial charge in [-0.15, -0.1) is 0 Å². The number of ether oxygens (including phenoxy) is 2. The summed E-state index contributed by atoms with van der Waals surface area (Å²) in [5, 5.41) is 0.242. The molecule has 0 aliphatic heterocycles. The molecule has 8 heteroatoms. The van der Waals surface area contributed by atoms with Gasteiger partial charge in [0.15, 0.2) is 17.4 Å². The van der Waals surface area contributed by atoms with Crippen molar-refractivity contribution >= 4 is 29.1 Å². The third kappa shape index (κ3) is 5.80. The summed E-state index contributed by atoms with van der Waals surface area (Å²) in [5.74, 6) is -2.59. The molecule has 0 fully saturated rings. The van der Waals surface area contributed by atoms with E-state index < -0.39 is 23.4 Å². The highest BCUT2D eigenvalue weighted by Crippen LogP contribution is 2.35. The molecule has 0 saturated heterocycles. The van der Waals surface area contributed by atoms with E-state index in [1.54, 1.807) is 6.92 Å². The maximum absolute atomic E-state index is 14.5. The van der Waals surface area contributed by atoms with Gasteiger partial charge in [-0.3, -0.25) is 4.79 Å². The fourth-order valence-corrected chi connectivity index (χ4v) is 4.15. The Labute approximate surface area is 188 Å². The first-order valence-electron chi connectivity index (χ1n) is 9.92. The number of hydrogen-bond donors (Lipinski definition) is 0. The number of aromatic nitrogens is 1. The van der Waals surface area contributed by atoms with Gasteiger partial charge in [-0.2, -0.15) is 4.37 Å². The Morgan fingerprint density at radius 1 is 1.10 bits per heavy atom. The van der Waals surface area contributed by atoms with Crippen molar-refractivity contribution in [2.24, 2.45) is 0 Å². The summed E-state index contributed by atoms with van der Waals surface area (Å²) in [6.07, 6.45) is 1.14. The van der Waals surface area contributed by atoms with Gasteiger partial charge in [0.05, 0.1) is 11.5 Å². The molecule has 3 aromatic rings. The molecule has 0 aliphatic carbocycles. The predicted molar refractivity (Wildman–Crippen MR) is 118 cm³/mol. The molecule has 1 aromatic heterocycles. The van der Waals surface area contributed by atoms with Gasteiger partial charge in [0.25, 0.3) is 0 Å². The van der Waals surface area contributed by atoms with Crippen LogP contribution < -0.4 is 4.74 Å². The normalized spacial score (nSPS) is 10.9. The summed E-state index contributed by atoms with van der Waals surface area (Å²) >= 11 is 7.42. The highest BCUT2D eigenvalue weighted by Gasteiger charge is 2.18. The number of nitrogens with zero attached hydrogens (tertiary/aromatic N) is 1. The van der Waals surface area contributed by atoms with E-state index in [4.69, 9.17) is 21.1 Å². The van der Waals surface area contributed by atoms with E-state index in [1.165, 1.54) is 17.1 Å². The van der Waals surface area contributed by atoms with Crippen LogP contribution in [0, 0.1) is 11.6 Å². The Morgan fingerprint density at radius 2 is 1.77 bits per heavy atom. The number of halogens is 3. The van der Waals surface area contributed by atoms with Gasteiger partial charge in [0.1, 0.15) is 11.8 Å². The Kier molecular flexibility index (Phi) is 7.98. The first-order valence-corrected chi connectivity index (χ1v) is 11.1. The number of esters is 1. The number of aryl methyl sites for hydroxylation is 2. The molecule has 2 aromatic carbocycles. The van der Waals surface area contributed by atoms with Gasteiger partial charge in [-0.1, -0.05) is 42.8 Å². The summed E-state index contributed by atoms with van der Waals surface area (Å²) < 4.78 is 43.4. The molecule has 3 rings (SSSR count). The molecule has 0 N–H and O–H groups in total. The maximum atomic E-state index is 14.5. The Bertz CT molecular complexity index is 1030. The first kappa shape index (κ1) is 23.2. The quantitative estimate of drug-likeness (QED) is 0.344. The number of carbonyl (C=O) groups excluding carboxylic acids is 1. The average Bonchev–Trinajstić information content (AvgIpc) is 3.12. The molecule has 164 valence electrons. The second kappa shape index (κ2) is 10.7. The Balaban J connectivity index is 1.74. The summed E-state index contributed by atoms with van der Waals surface area (Å²) in [5.41, 5.74) is 3.03. The number of benzene rings is 2. The van der Waals surface area contributed by atoms with Crippen molar-refractivity contribution < 1.29 is 23.0 Å². The number of hydrogen-bond acceptors (Lipinski definition) is 5. The Hall–Kier alpha value is -2.51. The van der Waals surface area contributed by atoms with Crippen molar-refractivity contribution in [2.75, 3.05) is 6.61 Å². The molecule has 0 radical (unpaired) electrons. The molecule has 0 amide bonds. The van der Waals surface area contributed by atoms with Gasteiger partial charge < -0.3 is 9.47 Å². The fraction of sp³-hybridized carbons (Fsp3) is 0.304. The molecular formula is C23H22ClF2NO3S. The van der Waals surface area contributed by atoms with Crippen LogP contribution in [0.25, 0.3) is 10.4 Å². The summed E-state index contributed by atoms with van der Waals surface area (Å²) in [6, 6.07) is 10.3. The molecule has 0 bridgehead atoms. The zero-order valence-electron chi connectivity index (χ0n) is 17.2. The third-order valence-electron chi connectivity index (χ3n) is 4.71. The SMILES string of the molecule is CCOC(=O)CCc1cc(F)c(OCc2c(Cl)nsc2-c2ccc(CC)cc2)c(F)c1. The fourth-order valence-electron chi connectivity index (χ4n) is 3.05. The minimum absolute atomic E-state index is 0.0449. The molecular weight excluding hydrogens is 444 g/mol. The van der Waals surface area contributed by atoms with E-state index >= 15 is 0 Å². The molecule has 0 atom stereocenters. The van der Waals surface area contributed by atoms with Crippen molar-refractivity contribution in [3.63, 3.8) is 0 Å². The third-order valence-corrected chi connectivity index (χ3v) is 6.06.